The molecular weight excluding hydrogens is 418 g/mol. The van der Waals surface area contributed by atoms with Crippen LogP contribution in [0.25, 0.3) is 0 Å². The summed E-state index contributed by atoms with van der Waals surface area (Å²) in [4.78, 5) is 46.4. The zero-order valence-corrected chi connectivity index (χ0v) is 16.3. The minimum Gasteiger partial charge on any atom is -0.426 e. The average molecular weight is 432 g/mol. The number of thioether (sulfide) groups is 1. The molecule has 1 unspecified atom stereocenters. The monoisotopic (exact) mass is 431 g/mol. The lowest BCUT2D eigenvalue weighted by Gasteiger charge is -2.06. The lowest BCUT2D eigenvalue weighted by Crippen LogP contribution is -2.27. The molecule has 1 atom stereocenters. The van der Waals surface area contributed by atoms with Crippen LogP contribution in [-0.4, -0.2) is 34.5 Å². The highest BCUT2D eigenvalue weighted by molar-refractivity contribution is 8.15. The second-order valence-electron chi connectivity index (χ2n) is 5.84. The van der Waals surface area contributed by atoms with Gasteiger partial charge in [-0.1, -0.05) is 23.4 Å². The Bertz CT molecular complexity index is 976. The van der Waals surface area contributed by atoms with Gasteiger partial charge in [-0.3, -0.25) is 24.5 Å². The van der Waals surface area contributed by atoms with Crippen molar-refractivity contribution in [3.63, 3.8) is 0 Å². The Balaban J connectivity index is 1.49. The number of carbonyl (C=O) groups is 4. The summed E-state index contributed by atoms with van der Waals surface area (Å²) in [6, 6.07) is 12.8. The fraction of sp³-hybridized carbons (Fsp3) is 0.105. The number of halogens is 1. The predicted molar refractivity (Wildman–Crippen MR) is 108 cm³/mol. The van der Waals surface area contributed by atoms with Crippen LogP contribution in [-0.2, 0) is 9.59 Å². The van der Waals surface area contributed by atoms with E-state index in [0.717, 1.165) is 11.8 Å². The van der Waals surface area contributed by atoms with E-state index in [0.29, 0.717) is 16.1 Å². The van der Waals surface area contributed by atoms with E-state index in [9.17, 15) is 19.2 Å². The molecule has 0 aromatic heterocycles. The van der Waals surface area contributed by atoms with Crippen LogP contribution >= 0.6 is 23.4 Å². The van der Waals surface area contributed by atoms with Crippen LogP contribution in [0.3, 0.4) is 0 Å². The van der Waals surface area contributed by atoms with E-state index >= 15 is 0 Å². The van der Waals surface area contributed by atoms with Crippen molar-refractivity contribution in [3.8, 4) is 5.75 Å². The first-order chi connectivity index (χ1) is 13.9. The molecule has 3 rings (SSSR count). The summed E-state index contributed by atoms with van der Waals surface area (Å²) in [5, 5.41) is 5.27. The van der Waals surface area contributed by atoms with Crippen molar-refractivity contribution in [1.82, 2.24) is 10.7 Å². The number of esters is 1. The number of rotatable bonds is 6. The van der Waals surface area contributed by atoms with E-state index in [4.69, 9.17) is 16.3 Å². The third kappa shape index (κ3) is 5.90. The van der Waals surface area contributed by atoms with Gasteiger partial charge in [-0.25, -0.2) is 5.43 Å². The average Bonchev–Trinajstić information content (AvgIpc) is 3.00. The van der Waals surface area contributed by atoms with Crippen LogP contribution < -0.4 is 15.5 Å². The standard InChI is InChI=1S/C19H14ClN3O5S/c20-13-5-3-12(4-6-13)17(25)23-21-10-11-1-7-14(8-2-11)28-16(24)9-15-18(26)22-19(27)29-15/h1-8,10,15H,9H2,(H,23,25)(H,22,26,27)/b21-10+. The van der Waals surface area contributed by atoms with Crippen molar-refractivity contribution in [1.29, 1.82) is 0 Å². The van der Waals surface area contributed by atoms with E-state index in [1.807, 2.05) is 0 Å². The van der Waals surface area contributed by atoms with Crippen molar-refractivity contribution >= 4 is 52.6 Å². The molecule has 3 amide bonds. The van der Waals surface area contributed by atoms with Crippen LogP contribution in [0, 0.1) is 0 Å². The van der Waals surface area contributed by atoms with Gasteiger partial charge in [-0.2, -0.15) is 5.10 Å². The molecule has 1 aliphatic rings. The lowest BCUT2D eigenvalue weighted by atomic mass is 10.2. The summed E-state index contributed by atoms with van der Waals surface area (Å²) in [6.45, 7) is 0. The van der Waals surface area contributed by atoms with Crippen LogP contribution in [0.2, 0.25) is 5.02 Å². The van der Waals surface area contributed by atoms with Crippen LogP contribution in [0.1, 0.15) is 22.3 Å². The molecule has 1 saturated heterocycles. The molecule has 1 fully saturated rings. The molecule has 0 saturated carbocycles. The third-order valence-electron chi connectivity index (χ3n) is 3.72. The van der Waals surface area contributed by atoms with Crippen LogP contribution in [0.5, 0.6) is 5.75 Å². The zero-order valence-electron chi connectivity index (χ0n) is 14.8. The van der Waals surface area contributed by atoms with Crippen molar-refractivity contribution in [3.05, 3.63) is 64.7 Å². The molecule has 2 N–H and O–H groups in total. The number of amides is 3. The summed E-state index contributed by atoms with van der Waals surface area (Å²) in [6.07, 6.45) is 1.23. The van der Waals surface area contributed by atoms with Crippen molar-refractivity contribution in [2.24, 2.45) is 5.10 Å². The predicted octanol–water partition coefficient (Wildman–Crippen LogP) is 2.75. The first kappa shape index (κ1) is 20.6. The van der Waals surface area contributed by atoms with Crippen LogP contribution in [0.4, 0.5) is 4.79 Å². The quantitative estimate of drug-likeness (QED) is 0.314. The minimum atomic E-state index is -0.773. The number of hydrazone groups is 1. The smallest absolute Gasteiger partial charge is 0.312 e. The van der Waals surface area contributed by atoms with Gasteiger partial charge in [0.1, 0.15) is 11.0 Å². The largest absolute Gasteiger partial charge is 0.426 e. The maximum absolute atomic E-state index is 11.9. The number of hydrogen-bond acceptors (Lipinski definition) is 7. The zero-order chi connectivity index (χ0) is 20.8. The van der Waals surface area contributed by atoms with E-state index in [-0.39, 0.29) is 18.1 Å². The normalized spacial score (nSPS) is 16.0. The molecule has 148 valence electrons. The highest BCUT2D eigenvalue weighted by atomic mass is 35.5. The molecule has 1 aliphatic heterocycles. The van der Waals surface area contributed by atoms with Gasteiger partial charge in [0.05, 0.1) is 12.6 Å². The number of benzene rings is 2. The second-order valence-corrected chi connectivity index (χ2v) is 7.45. The summed E-state index contributed by atoms with van der Waals surface area (Å²) in [5.74, 6) is -1.21. The van der Waals surface area contributed by atoms with Gasteiger partial charge in [0.15, 0.2) is 0 Å². The molecule has 0 spiro atoms. The molecule has 29 heavy (non-hydrogen) atoms. The number of imide groups is 1. The molecule has 0 bridgehead atoms. The van der Waals surface area contributed by atoms with E-state index in [1.165, 1.54) is 6.21 Å². The number of carbonyl (C=O) groups excluding carboxylic acids is 4. The van der Waals surface area contributed by atoms with Gasteiger partial charge in [0, 0.05) is 10.6 Å². The van der Waals surface area contributed by atoms with Gasteiger partial charge in [-0.05, 0) is 54.1 Å². The SMILES string of the molecule is O=C(CC1SC(=O)NC1=O)Oc1ccc(/C=N/NC(=O)c2ccc(Cl)cc2)cc1. The molecule has 2 aromatic carbocycles. The number of hydrogen-bond donors (Lipinski definition) is 2. The molecule has 1 heterocycles. The molecule has 8 nitrogen and oxygen atoms in total. The van der Waals surface area contributed by atoms with E-state index in [1.54, 1.807) is 48.5 Å². The lowest BCUT2D eigenvalue weighted by molar-refractivity contribution is -0.135. The Hall–Kier alpha value is -3.17. The van der Waals surface area contributed by atoms with Crippen molar-refractivity contribution < 1.29 is 23.9 Å². The second kappa shape index (κ2) is 9.35. The first-order valence-electron chi connectivity index (χ1n) is 8.32. The molecule has 0 radical (unpaired) electrons. The summed E-state index contributed by atoms with van der Waals surface area (Å²) >= 11 is 6.54. The number of nitrogens with one attached hydrogen (secondary N) is 2. The molecule has 0 aliphatic carbocycles. The van der Waals surface area contributed by atoms with Gasteiger partial charge in [0.25, 0.3) is 11.1 Å². The maximum Gasteiger partial charge on any atom is 0.312 e. The summed E-state index contributed by atoms with van der Waals surface area (Å²) < 4.78 is 5.16. The van der Waals surface area contributed by atoms with Gasteiger partial charge in [0.2, 0.25) is 5.91 Å². The fourth-order valence-electron chi connectivity index (χ4n) is 2.31. The first-order valence-corrected chi connectivity index (χ1v) is 9.57. The summed E-state index contributed by atoms with van der Waals surface area (Å²) in [5.41, 5.74) is 3.48. The van der Waals surface area contributed by atoms with Crippen molar-refractivity contribution in [2.75, 3.05) is 0 Å². The molecule has 10 heteroatoms. The Kier molecular flexibility index (Phi) is 6.63. The molecule has 2 aromatic rings. The number of ether oxygens (including phenoxy) is 1. The molecular formula is C19H14ClN3O5S. The Morgan fingerprint density at radius 3 is 2.45 bits per heavy atom. The Morgan fingerprint density at radius 2 is 1.83 bits per heavy atom. The highest BCUT2D eigenvalue weighted by Crippen LogP contribution is 2.23. The number of nitrogens with zero attached hydrogens (tertiary/aromatic N) is 1. The van der Waals surface area contributed by atoms with Crippen LogP contribution in [0.15, 0.2) is 53.6 Å². The minimum absolute atomic E-state index is 0.206. The Labute approximate surface area is 174 Å². The van der Waals surface area contributed by atoms with Gasteiger partial charge in [-0.15, -0.1) is 0 Å². The summed E-state index contributed by atoms with van der Waals surface area (Å²) in [7, 11) is 0. The fourth-order valence-corrected chi connectivity index (χ4v) is 3.23. The van der Waals surface area contributed by atoms with E-state index < -0.39 is 22.4 Å². The van der Waals surface area contributed by atoms with Gasteiger partial charge < -0.3 is 4.74 Å². The van der Waals surface area contributed by atoms with Gasteiger partial charge >= 0.3 is 5.97 Å². The van der Waals surface area contributed by atoms with Crippen molar-refractivity contribution in [2.45, 2.75) is 11.7 Å². The maximum atomic E-state index is 11.9. The highest BCUT2D eigenvalue weighted by Gasteiger charge is 2.33. The Morgan fingerprint density at radius 1 is 1.14 bits per heavy atom. The topological polar surface area (TPSA) is 114 Å². The van der Waals surface area contributed by atoms with E-state index in [2.05, 4.69) is 15.8 Å². The third-order valence-corrected chi connectivity index (χ3v) is 4.95.